The van der Waals surface area contributed by atoms with Gasteiger partial charge in [-0.25, -0.2) is 0 Å². The number of hydrogen-bond donors (Lipinski definition) is 1. The van der Waals surface area contributed by atoms with Crippen molar-refractivity contribution in [1.29, 1.82) is 0 Å². The second-order valence-electron chi connectivity index (χ2n) is 6.17. The molecule has 3 atom stereocenters. The Balaban J connectivity index is 0.000000404. The number of aliphatic carboxylic acids is 1. The number of aliphatic hydroxyl groups is 1. The predicted molar refractivity (Wildman–Crippen MR) is 68.6 cm³/mol. The fraction of sp³-hybridized carbons (Fsp3) is 0.929. The molecule has 2 aliphatic heterocycles. The zero-order chi connectivity index (χ0) is 13.8. The number of carbonyl (C=O) groups excluding carboxylic acids is 1. The number of likely N-dealkylation sites (N-methyl/N-ethyl adjacent to an activating group) is 1. The number of halogens is 1. The van der Waals surface area contributed by atoms with E-state index in [0.29, 0.717) is 6.04 Å². The summed E-state index contributed by atoms with van der Waals surface area (Å²) < 4.78 is 1.15. The van der Waals surface area contributed by atoms with E-state index in [4.69, 9.17) is 0 Å². The molecule has 0 radical (unpaired) electrons. The molecule has 0 spiro atoms. The number of nitrogens with zero attached hydrogens (tertiary/aromatic N) is 1. The van der Waals surface area contributed by atoms with E-state index in [1.807, 2.05) is 0 Å². The van der Waals surface area contributed by atoms with Crippen molar-refractivity contribution in [2.75, 3.05) is 20.1 Å². The van der Waals surface area contributed by atoms with Crippen LogP contribution < -0.4 is 22.1 Å². The number of carboxylic acids is 1. The van der Waals surface area contributed by atoms with Gasteiger partial charge >= 0.3 is 0 Å². The Morgan fingerprint density at radius 2 is 1.74 bits per heavy atom. The zero-order valence-electron chi connectivity index (χ0n) is 12.3. The summed E-state index contributed by atoms with van der Waals surface area (Å²) in [6.07, 6.45) is 6.18. The fourth-order valence-electron chi connectivity index (χ4n) is 3.04. The van der Waals surface area contributed by atoms with Crippen molar-refractivity contribution in [2.45, 2.75) is 58.1 Å². The summed E-state index contributed by atoms with van der Waals surface area (Å²) in [6.45, 7) is 5.74. The van der Waals surface area contributed by atoms with Gasteiger partial charge < -0.3 is 36.5 Å². The van der Waals surface area contributed by atoms with Crippen molar-refractivity contribution in [3.63, 3.8) is 0 Å². The van der Waals surface area contributed by atoms with Gasteiger partial charge in [-0.15, -0.1) is 0 Å². The van der Waals surface area contributed by atoms with Crippen LogP contribution in [-0.2, 0) is 4.79 Å². The molecular formula is C14H27BrNO3-. The lowest BCUT2D eigenvalue weighted by Crippen LogP contribution is -3.00. The van der Waals surface area contributed by atoms with E-state index in [2.05, 4.69) is 7.05 Å². The number of aliphatic hydroxyl groups excluding tert-OH is 1. The van der Waals surface area contributed by atoms with Gasteiger partial charge in [0.2, 0.25) is 0 Å². The number of piperidine rings is 2. The summed E-state index contributed by atoms with van der Waals surface area (Å²) in [4.78, 5) is 9.59. The molecule has 4 nitrogen and oxygen atoms in total. The third kappa shape index (κ3) is 5.40. The monoisotopic (exact) mass is 336 g/mol. The van der Waals surface area contributed by atoms with Crippen LogP contribution in [0.5, 0.6) is 0 Å². The average molecular weight is 337 g/mol. The van der Waals surface area contributed by atoms with Crippen molar-refractivity contribution in [1.82, 2.24) is 0 Å². The van der Waals surface area contributed by atoms with Crippen LogP contribution in [0.25, 0.3) is 0 Å². The van der Waals surface area contributed by atoms with Crippen LogP contribution in [0, 0.1) is 5.92 Å². The molecule has 0 bridgehead atoms. The normalized spacial score (nSPS) is 33.5. The smallest absolute Gasteiger partial charge is 0.115 e. The maximum atomic E-state index is 9.85. The maximum Gasteiger partial charge on any atom is 0.115 e. The van der Waals surface area contributed by atoms with E-state index in [1.165, 1.54) is 38.8 Å². The zero-order valence-corrected chi connectivity index (χ0v) is 13.9. The SMILES string of the molecule is CC(C)C(=O)[O-].C[N+]12CCCC[C@@H]1[C@H](O)CCC2.[Br-]. The van der Waals surface area contributed by atoms with Crippen LogP contribution in [0.2, 0.25) is 0 Å². The quantitative estimate of drug-likeness (QED) is 0.540. The van der Waals surface area contributed by atoms with Crippen LogP contribution >= 0.6 is 0 Å². The summed E-state index contributed by atoms with van der Waals surface area (Å²) in [6, 6.07) is 0.562. The van der Waals surface area contributed by atoms with E-state index < -0.39 is 5.97 Å². The molecule has 0 aromatic rings. The highest BCUT2D eigenvalue weighted by Gasteiger charge is 2.42. The molecule has 1 N–H and O–H groups in total. The van der Waals surface area contributed by atoms with Gasteiger partial charge in [0.25, 0.3) is 0 Å². The Bertz CT molecular complexity index is 282. The standard InChI is InChI=1S/C10H20NO.C4H8O2.BrH/c1-11-7-3-2-5-9(11)10(12)6-4-8-11;1-3(2)4(5)6;/h9-10,12H,2-8H2,1H3;3H,1-2H3,(H,5,6);1H/q+1;;/p-2/t9-,10-,11?;;/m1../s1. The van der Waals surface area contributed by atoms with Gasteiger partial charge in [0.1, 0.15) is 12.1 Å². The lowest BCUT2D eigenvalue weighted by Gasteiger charge is -2.49. The first-order valence-corrected chi connectivity index (χ1v) is 7.10. The number of carbonyl (C=O) groups is 1. The lowest BCUT2D eigenvalue weighted by atomic mass is 9.88. The molecule has 1 unspecified atom stereocenters. The molecule has 2 aliphatic rings. The Labute approximate surface area is 127 Å². The largest absolute Gasteiger partial charge is 1.00 e. The van der Waals surface area contributed by atoms with Gasteiger partial charge in [-0.05, 0) is 31.6 Å². The molecule has 0 aromatic heterocycles. The maximum absolute atomic E-state index is 9.85. The second-order valence-corrected chi connectivity index (χ2v) is 6.17. The third-order valence-electron chi connectivity index (χ3n) is 4.30. The summed E-state index contributed by atoms with van der Waals surface area (Å²) in [7, 11) is 2.33. The molecule has 114 valence electrons. The van der Waals surface area contributed by atoms with Gasteiger partial charge in [0.15, 0.2) is 0 Å². The van der Waals surface area contributed by atoms with Crippen molar-refractivity contribution in [2.24, 2.45) is 5.92 Å². The van der Waals surface area contributed by atoms with Crippen LogP contribution in [0.15, 0.2) is 0 Å². The summed E-state index contributed by atoms with van der Waals surface area (Å²) >= 11 is 0. The summed E-state index contributed by atoms with van der Waals surface area (Å²) in [5, 5.41) is 19.4. The molecule has 0 amide bonds. The van der Waals surface area contributed by atoms with E-state index in [-0.39, 0.29) is 29.0 Å². The first-order valence-electron chi connectivity index (χ1n) is 7.10. The summed E-state index contributed by atoms with van der Waals surface area (Å²) in [5.74, 6) is -1.33. The highest BCUT2D eigenvalue weighted by Crippen LogP contribution is 2.31. The van der Waals surface area contributed by atoms with Crippen LogP contribution in [0.4, 0.5) is 0 Å². The van der Waals surface area contributed by atoms with Gasteiger partial charge in [0, 0.05) is 12.4 Å². The molecule has 0 aromatic carbocycles. The molecule has 0 saturated carbocycles. The Morgan fingerprint density at radius 1 is 1.21 bits per heavy atom. The molecular weight excluding hydrogens is 310 g/mol. The molecule has 5 heteroatoms. The van der Waals surface area contributed by atoms with Gasteiger partial charge in [-0.1, -0.05) is 13.8 Å². The molecule has 0 aliphatic carbocycles. The Kier molecular flexibility index (Phi) is 8.17. The van der Waals surface area contributed by atoms with E-state index >= 15 is 0 Å². The Morgan fingerprint density at radius 3 is 2.21 bits per heavy atom. The Hall–Kier alpha value is -0.130. The lowest BCUT2D eigenvalue weighted by molar-refractivity contribution is -0.946. The fourth-order valence-corrected chi connectivity index (χ4v) is 3.04. The van der Waals surface area contributed by atoms with E-state index in [0.717, 1.165) is 10.9 Å². The summed E-state index contributed by atoms with van der Waals surface area (Å²) in [5.41, 5.74) is 0. The van der Waals surface area contributed by atoms with Gasteiger partial charge in [-0.3, -0.25) is 0 Å². The van der Waals surface area contributed by atoms with Gasteiger partial charge in [-0.2, -0.15) is 0 Å². The first kappa shape index (κ1) is 18.9. The van der Waals surface area contributed by atoms with E-state index in [1.54, 1.807) is 13.8 Å². The predicted octanol–water partition coefficient (Wildman–Crippen LogP) is -2.46. The number of carboxylic acid groups (broad SMARTS) is 1. The van der Waals surface area contributed by atoms with E-state index in [9.17, 15) is 15.0 Å². The van der Waals surface area contributed by atoms with Crippen molar-refractivity contribution in [3.8, 4) is 0 Å². The minimum Gasteiger partial charge on any atom is -1.00 e. The minimum absolute atomic E-state index is 0. The second kappa shape index (κ2) is 8.22. The molecule has 2 saturated heterocycles. The number of hydrogen-bond acceptors (Lipinski definition) is 3. The average Bonchev–Trinajstić information content (AvgIpc) is 2.29. The number of fused-ring (bicyclic) bond motifs is 1. The molecule has 2 rings (SSSR count). The van der Waals surface area contributed by atoms with Crippen LogP contribution in [-0.4, -0.2) is 47.8 Å². The van der Waals surface area contributed by atoms with Gasteiger partial charge in [0.05, 0.1) is 20.1 Å². The van der Waals surface area contributed by atoms with Crippen LogP contribution in [0.1, 0.15) is 46.0 Å². The van der Waals surface area contributed by atoms with Crippen molar-refractivity contribution >= 4 is 5.97 Å². The molecule has 19 heavy (non-hydrogen) atoms. The molecule has 2 fully saturated rings. The van der Waals surface area contributed by atoms with Crippen LogP contribution in [0.3, 0.4) is 0 Å². The number of rotatable bonds is 1. The third-order valence-corrected chi connectivity index (χ3v) is 4.30. The van der Waals surface area contributed by atoms with Crippen molar-refractivity contribution in [3.05, 3.63) is 0 Å². The highest BCUT2D eigenvalue weighted by molar-refractivity contribution is 5.66. The topological polar surface area (TPSA) is 60.4 Å². The molecule has 2 heterocycles. The number of quaternary nitrogens is 1. The minimum atomic E-state index is -0.991. The highest BCUT2D eigenvalue weighted by atomic mass is 79.9. The first-order chi connectivity index (χ1) is 8.37. The van der Waals surface area contributed by atoms with Crippen molar-refractivity contribution < 1.29 is 36.5 Å².